The van der Waals surface area contributed by atoms with Crippen molar-refractivity contribution in [3.63, 3.8) is 0 Å². The molecule has 2 nitrogen and oxygen atoms in total. The van der Waals surface area contributed by atoms with E-state index < -0.39 is 0 Å². The Morgan fingerprint density at radius 1 is 1.47 bits per heavy atom. The summed E-state index contributed by atoms with van der Waals surface area (Å²) in [4.78, 5) is 12.1. The van der Waals surface area contributed by atoms with E-state index in [1.165, 1.54) is 5.69 Å². The van der Waals surface area contributed by atoms with Gasteiger partial charge in [-0.15, -0.1) is 12.3 Å². The molecule has 1 heterocycles. The van der Waals surface area contributed by atoms with Crippen molar-refractivity contribution in [1.82, 2.24) is 4.57 Å². The highest BCUT2D eigenvalue weighted by Crippen LogP contribution is 2.36. The third-order valence-corrected chi connectivity index (χ3v) is 3.48. The first-order valence-corrected chi connectivity index (χ1v) is 6.10. The molecule has 0 N–H and O–H groups in total. The second-order valence-electron chi connectivity index (χ2n) is 5.69. The first-order valence-electron chi connectivity index (χ1n) is 6.10. The first kappa shape index (κ1) is 12.0. The Morgan fingerprint density at radius 3 is 2.82 bits per heavy atom. The lowest BCUT2D eigenvalue weighted by Gasteiger charge is -2.29. The molecule has 1 aliphatic rings. The van der Waals surface area contributed by atoms with E-state index in [9.17, 15) is 4.79 Å². The summed E-state index contributed by atoms with van der Waals surface area (Å²) < 4.78 is 2.22. The number of hydrogen-bond donors (Lipinski definition) is 0. The molecule has 0 atom stereocenters. The third-order valence-electron chi connectivity index (χ3n) is 3.48. The summed E-state index contributed by atoms with van der Waals surface area (Å²) in [5.74, 6) is 2.94. The van der Waals surface area contributed by atoms with E-state index in [2.05, 4.69) is 31.3 Å². The quantitative estimate of drug-likeness (QED) is 0.715. The number of ketones is 1. The van der Waals surface area contributed by atoms with E-state index >= 15 is 0 Å². The molecule has 0 unspecified atom stereocenters. The summed E-state index contributed by atoms with van der Waals surface area (Å²) in [6, 6.07) is 2.02. The zero-order valence-electron chi connectivity index (χ0n) is 10.8. The maximum Gasteiger partial charge on any atom is 0.165 e. The van der Waals surface area contributed by atoms with Gasteiger partial charge in [0, 0.05) is 36.3 Å². The lowest BCUT2D eigenvalue weighted by molar-refractivity contribution is 0.0910. The minimum Gasteiger partial charge on any atom is -0.347 e. The number of Topliss-reactive ketones (excluding diaryl/α,β-unsaturated/α-hetero) is 1. The maximum atomic E-state index is 12.1. The number of aromatic nitrogens is 1. The van der Waals surface area contributed by atoms with Crippen LogP contribution in [0, 0.1) is 24.7 Å². The summed E-state index contributed by atoms with van der Waals surface area (Å²) >= 11 is 0. The van der Waals surface area contributed by atoms with Gasteiger partial charge in [-0.25, -0.2) is 0 Å². The normalized spacial score (nSPS) is 17.6. The van der Waals surface area contributed by atoms with Crippen LogP contribution in [0.2, 0.25) is 0 Å². The Bertz CT molecular complexity index is 500. The Labute approximate surface area is 103 Å². The molecule has 1 aromatic heterocycles. The highest BCUT2D eigenvalue weighted by atomic mass is 16.1. The largest absolute Gasteiger partial charge is 0.347 e. The van der Waals surface area contributed by atoms with Crippen molar-refractivity contribution in [2.75, 3.05) is 0 Å². The number of terminal acetylenes is 1. The average molecular weight is 229 g/mol. The number of rotatable bonds is 2. The SMILES string of the molecule is C#CCCn1c(C)cc2c1CC(C)(C)CC2=O. The molecule has 1 aliphatic carbocycles. The fourth-order valence-corrected chi connectivity index (χ4v) is 2.69. The van der Waals surface area contributed by atoms with Crippen molar-refractivity contribution in [3.05, 3.63) is 23.0 Å². The number of nitrogens with zero attached hydrogens (tertiary/aromatic N) is 1. The van der Waals surface area contributed by atoms with Gasteiger partial charge in [0.05, 0.1) is 0 Å². The molecule has 0 radical (unpaired) electrons. The molecule has 1 aromatic rings. The van der Waals surface area contributed by atoms with Crippen molar-refractivity contribution in [3.8, 4) is 12.3 Å². The van der Waals surface area contributed by atoms with Crippen molar-refractivity contribution in [1.29, 1.82) is 0 Å². The minimum atomic E-state index is 0.0722. The van der Waals surface area contributed by atoms with E-state index in [-0.39, 0.29) is 11.2 Å². The molecule has 0 aliphatic heterocycles. The topological polar surface area (TPSA) is 22.0 Å². The molecule has 0 bridgehead atoms. The minimum absolute atomic E-state index is 0.0722. The fraction of sp³-hybridized carbons (Fsp3) is 0.533. The third kappa shape index (κ3) is 2.15. The highest BCUT2D eigenvalue weighted by molar-refractivity contribution is 5.99. The van der Waals surface area contributed by atoms with Gasteiger partial charge in [-0.1, -0.05) is 13.8 Å². The summed E-state index contributed by atoms with van der Waals surface area (Å²) in [5.41, 5.74) is 3.32. The highest BCUT2D eigenvalue weighted by Gasteiger charge is 2.33. The summed E-state index contributed by atoms with van der Waals surface area (Å²) in [6.07, 6.45) is 7.66. The molecule has 0 saturated carbocycles. The number of carbonyl (C=O) groups is 1. The number of carbonyl (C=O) groups excluding carboxylic acids is 1. The Hall–Kier alpha value is -1.49. The van der Waals surface area contributed by atoms with Crippen molar-refractivity contribution in [2.24, 2.45) is 5.41 Å². The molecule has 0 spiro atoms. The molecule has 17 heavy (non-hydrogen) atoms. The zero-order valence-corrected chi connectivity index (χ0v) is 10.8. The summed E-state index contributed by atoms with van der Waals surface area (Å²) in [7, 11) is 0. The van der Waals surface area contributed by atoms with E-state index in [0.717, 1.165) is 30.6 Å². The van der Waals surface area contributed by atoms with E-state index in [1.54, 1.807) is 0 Å². The second-order valence-corrected chi connectivity index (χ2v) is 5.69. The van der Waals surface area contributed by atoms with Crippen molar-refractivity contribution in [2.45, 2.75) is 46.6 Å². The van der Waals surface area contributed by atoms with Crippen LogP contribution >= 0.6 is 0 Å². The van der Waals surface area contributed by atoms with Gasteiger partial charge in [0.15, 0.2) is 5.78 Å². The van der Waals surface area contributed by atoms with E-state index in [4.69, 9.17) is 6.42 Å². The van der Waals surface area contributed by atoms with Gasteiger partial charge >= 0.3 is 0 Å². The molecular formula is C15H19NO. The van der Waals surface area contributed by atoms with Crippen molar-refractivity contribution < 1.29 is 4.79 Å². The van der Waals surface area contributed by atoms with Gasteiger partial charge in [0.2, 0.25) is 0 Å². The predicted molar refractivity (Wildman–Crippen MR) is 69.1 cm³/mol. The number of fused-ring (bicyclic) bond motifs is 1. The molecule has 0 amide bonds. The van der Waals surface area contributed by atoms with Crippen LogP contribution < -0.4 is 0 Å². The van der Waals surface area contributed by atoms with Crippen LogP contribution in [0.1, 0.15) is 48.4 Å². The van der Waals surface area contributed by atoms with Gasteiger partial charge in [-0.05, 0) is 24.8 Å². The Kier molecular flexibility index (Phi) is 2.87. The number of aryl methyl sites for hydroxylation is 1. The lowest BCUT2D eigenvalue weighted by Crippen LogP contribution is -2.28. The van der Waals surface area contributed by atoms with Crippen LogP contribution in [0.3, 0.4) is 0 Å². The van der Waals surface area contributed by atoms with Crippen LogP contribution in [0.5, 0.6) is 0 Å². The predicted octanol–water partition coefficient (Wildman–Crippen LogP) is 2.97. The molecular weight excluding hydrogens is 210 g/mol. The first-order chi connectivity index (χ1) is 7.94. The zero-order chi connectivity index (χ0) is 12.6. The van der Waals surface area contributed by atoms with Crippen LogP contribution in [0.25, 0.3) is 0 Å². The maximum absolute atomic E-state index is 12.1. The molecule has 2 rings (SSSR count). The average Bonchev–Trinajstić information content (AvgIpc) is 2.51. The van der Waals surface area contributed by atoms with Gasteiger partial charge in [-0.3, -0.25) is 4.79 Å². The summed E-state index contributed by atoms with van der Waals surface area (Å²) in [5, 5.41) is 0. The number of hydrogen-bond acceptors (Lipinski definition) is 1. The lowest BCUT2D eigenvalue weighted by atomic mass is 9.76. The van der Waals surface area contributed by atoms with Crippen molar-refractivity contribution >= 4 is 5.78 Å². The van der Waals surface area contributed by atoms with Crippen LogP contribution in [-0.4, -0.2) is 10.4 Å². The van der Waals surface area contributed by atoms with Crippen LogP contribution in [0.4, 0.5) is 0 Å². The smallest absolute Gasteiger partial charge is 0.165 e. The Balaban J connectivity index is 2.44. The van der Waals surface area contributed by atoms with E-state index in [1.807, 2.05) is 6.07 Å². The van der Waals surface area contributed by atoms with Gasteiger partial charge in [0.25, 0.3) is 0 Å². The van der Waals surface area contributed by atoms with Crippen LogP contribution in [0.15, 0.2) is 6.07 Å². The standard InChI is InChI=1S/C15H19NO/c1-5-6-7-16-11(2)8-12-13(16)9-15(3,4)10-14(12)17/h1,8H,6-7,9-10H2,2-4H3. The molecule has 0 fully saturated rings. The van der Waals surface area contributed by atoms with Crippen LogP contribution in [-0.2, 0) is 13.0 Å². The Morgan fingerprint density at radius 2 is 2.18 bits per heavy atom. The summed E-state index contributed by atoms with van der Waals surface area (Å²) in [6.45, 7) is 7.18. The second kappa shape index (κ2) is 4.07. The van der Waals surface area contributed by atoms with E-state index in [0.29, 0.717) is 6.42 Å². The fourth-order valence-electron chi connectivity index (χ4n) is 2.69. The molecule has 90 valence electrons. The molecule has 0 saturated heterocycles. The monoisotopic (exact) mass is 229 g/mol. The van der Waals surface area contributed by atoms with Gasteiger partial charge < -0.3 is 4.57 Å². The van der Waals surface area contributed by atoms with Gasteiger partial charge in [-0.2, -0.15) is 0 Å². The molecule has 2 heteroatoms. The van der Waals surface area contributed by atoms with Gasteiger partial charge in [0.1, 0.15) is 0 Å². The molecule has 0 aromatic carbocycles.